The van der Waals surface area contributed by atoms with Crippen LogP contribution in [0.5, 0.6) is 0 Å². The molecule has 0 atom stereocenters. The van der Waals surface area contributed by atoms with E-state index in [4.69, 9.17) is 0 Å². The standard InChI is InChI=1S/C2H4.Ag.2H3N/c1-2;;;/h1-2H2;;2*1H3. The maximum Gasteiger partial charge on any atom is 0 e. The van der Waals surface area contributed by atoms with Crippen molar-refractivity contribution in [1.82, 2.24) is 12.3 Å². The molecule has 0 aliphatic rings. The van der Waals surface area contributed by atoms with Gasteiger partial charge in [-0.1, -0.05) is 0 Å². The average Bonchev–Trinajstić information content (AvgIpc) is 1.00. The normalized spacial score (nSPS) is 0.800. The van der Waals surface area contributed by atoms with Crippen LogP contribution >= 0.6 is 0 Å². The number of hydrogen-bond acceptors (Lipinski definition) is 2. The molecule has 39 valence electrons. The van der Waals surface area contributed by atoms with E-state index in [1.807, 2.05) is 0 Å². The minimum atomic E-state index is 0. The van der Waals surface area contributed by atoms with Gasteiger partial charge < -0.3 is 12.3 Å². The Labute approximate surface area is 48.3 Å². The molecular formula is C2H10AgN2. The molecule has 1 radical (unpaired) electrons. The van der Waals surface area contributed by atoms with Gasteiger partial charge in [0.1, 0.15) is 0 Å². The van der Waals surface area contributed by atoms with Crippen molar-refractivity contribution in [3.05, 3.63) is 13.2 Å². The van der Waals surface area contributed by atoms with Crippen LogP contribution in [0.2, 0.25) is 0 Å². The van der Waals surface area contributed by atoms with E-state index in [-0.39, 0.29) is 34.7 Å². The monoisotopic (exact) mass is 169 g/mol. The second-order valence-corrected chi connectivity index (χ2v) is 0. The van der Waals surface area contributed by atoms with Crippen LogP contribution in [-0.4, -0.2) is 0 Å². The summed E-state index contributed by atoms with van der Waals surface area (Å²) < 4.78 is 0. The summed E-state index contributed by atoms with van der Waals surface area (Å²) in [6, 6.07) is 0. The molecule has 0 saturated carbocycles. The molecule has 0 rings (SSSR count). The van der Waals surface area contributed by atoms with Crippen molar-refractivity contribution in [2.45, 2.75) is 0 Å². The predicted octanol–water partition coefficient (Wildman–Crippen LogP) is 1.12. The van der Waals surface area contributed by atoms with Crippen molar-refractivity contribution in [2.24, 2.45) is 0 Å². The Morgan fingerprint density at radius 3 is 0.800 bits per heavy atom. The van der Waals surface area contributed by atoms with Crippen molar-refractivity contribution in [3.63, 3.8) is 0 Å². The molecule has 5 heavy (non-hydrogen) atoms. The summed E-state index contributed by atoms with van der Waals surface area (Å²) in [4.78, 5) is 0. The molecule has 0 aromatic heterocycles. The van der Waals surface area contributed by atoms with E-state index in [9.17, 15) is 0 Å². The fraction of sp³-hybridized carbons (Fsp3) is 0. The van der Waals surface area contributed by atoms with E-state index in [0.29, 0.717) is 0 Å². The van der Waals surface area contributed by atoms with Gasteiger partial charge in [-0.15, -0.1) is 13.2 Å². The quantitative estimate of drug-likeness (QED) is 0.422. The van der Waals surface area contributed by atoms with Gasteiger partial charge in [0.15, 0.2) is 0 Å². The zero-order valence-corrected chi connectivity index (χ0v) is 4.61. The molecule has 0 bridgehead atoms. The van der Waals surface area contributed by atoms with Crippen LogP contribution in [0.1, 0.15) is 0 Å². The van der Waals surface area contributed by atoms with Crippen LogP contribution < -0.4 is 12.3 Å². The van der Waals surface area contributed by atoms with Crippen LogP contribution in [0.3, 0.4) is 0 Å². The van der Waals surface area contributed by atoms with Gasteiger partial charge in [0.2, 0.25) is 0 Å². The zero-order chi connectivity index (χ0) is 2.00. The first-order valence-corrected chi connectivity index (χ1v) is 0.500. The van der Waals surface area contributed by atoms with Crippen LogP contribution in [0.4, 0.5) is 0 Å². The number of hydrogen-bond donors (Lipinski definition) is 2. The maximum absolute atomic E-state index is 3.00. The van der Waals surface area contributed by atoms with Crippen molar-refractivity contribution in [2.75, 3.05) is 0 Å². The van der Waals surface area contributed by atoms with Gasteiger partial charge in [0.05, 0.1) is 0 Å². The van der Waals surface area contributed by atoms with Crippen LogP contribution in [-0.2, 0) is 22.4 Å². The largest absolute Gasteiger partial charge is 0.344 e. The van der Waals surface area contributed by atoms with E-state index in [2.05, 4.69) is 13.2 Å². The summed E-state index contributed by atoms with van der Waals surface area (Å²) in [6.45, 7) is 6.00. The Balaban J connectivity index is -0.00000000167. The minimum Gasteiger partial charge on any atom is -0.344 e. The first kappa shape index (κ1) is 53.3. The summed E-state index contributed by atoms with van der Waals surface area (Å²) in [6.07, 6.45) is 0. The molecule has 0 aliphatic heterocycles. The Bertz CT molecular complexity index is 7.61. The SMILES string of the molecule is C=C.N.N.[Ag]. The predicted molar refractivity (Wildman–Crippen MR) is 21.3 cm³/mol. The first-order valence-electron chi connectivity index (χ1n) is 0.500. The Hall–Kier alpha value is 0.400. The molecule has 0 aromatic carbocycles. The van der Waals surface area contributed by atoms with Crippen molar-refractivity contribution in [3.8, 4) is 0 Å². The minimum absolute atomic E-state index is 0. The average molecular weight is 170 g/mol. The molecule has 0 heterocycles. The van der Waals surface area contributed by atoms with Gasteiger partial charge in [0, 0.05) is 22.4 Å². The van der Waals surface area contributed by atoms with Gasteiger partial charge >= 0.3 is 0 Å². The topological polar surface area (TPSA) is 70.0 Å². The smallest absolute Gasteiger partial charge is 0 e. The second kappa shape index (κ2) is 318. The van der Waals surface area contributed by atoms with Gasteiger partial charge in [-0.2, -0.15) is 0 Å². The van der Waals surface area contributed by atoms with Crippen LogP contribution in [0, 0.1) is 0 Å². The van der Waals surface area contributed by atoms with Crippen molar-refractivity contribution < 1.29 is 22.4 Å². The molecule has 2 nitrogen and oxygen atoms in total. The second-order valence-electron chi connectivity index (χ2n) is 0. The first-order chi connectivity index (χ1) is 1.00. The van der Waals surface area contributed by atoms with Gasteiger partial charge in [-0.05, 0) is 0 Å². The van der Waals surface area contributed by atoms with Crippen molar-refractivity contribution >= 4 is 0 Å². The number of rotatable bonds is 0. The van der Waals surface area contributed by atoms with E-state index in [0.717, 1.165) is 0 Å². The molecule has 0 spiro atoms. The third-order valence-corrected chi connectivity index (χ3v) is 0. The Morgan fingerprint density at radius 2 is 0.800 bits per heavy atom. The molecule has 0 amide bonds. The van der Waals surface area contributed by atoms with E-state index >= 15 is 0 Å². The maximum atomic E-state index is 3.00. The van der Waals surface area contributed by atoms with E-state index in [1.165, 1.54) is 0 Å². The molecule has 3 heteroatoms. The molecule has 6 N–H and O–H groups in total. The summed E-state index contributed by atoms with van der Waals surface area (Å²) in [5.41, 5.74) is 0. The molecular weight excluding hydrogens is 160 g/mol. The van der Waals surface area contributed by atoms with Gasteiger partial charge in [-0.25, -0.2) is 0 Å². The Morgan fingerprint density at radius 1 is 0.800 bits per heavy atom. The summed E-state index contributed by atoms with van der Waals surface area (Å²) in [5.74, 6) is 0. The fourth-order valence-electron chi connectivity index (χ4n) is 0. The van der Waals surface area contributed by atoms with Crippen LogP contribution in [0.25, 0.3) is 0 Å². The fourth-order valence-corrected chi connectivity index (χ4v) is 0. The molecule has 0 aromatic rings. The summed E-state index contributed by atoms with van der Waals surface area (Å²) in [5, 5.41) is 0. The summed E-state index contributed by atoms with van der Waals surface area (Å²) >= 11 is 0. The molecule has 0 saturated heterocycles. The van der Waals surface area contributed by atoms with Crippen LogP contribution in [0.15, 0.2) is 13.2 Å². The summed E-state index contributed by atoms with van der Waals surface area (Å²) in [7, 11) is 0. The molecule has 0 fully saturated rings. The third kappa shape index (κ3) is 158. The van der Waals surface area contributed by atoms with Gasteiger partial charge in [-0.3, -0.25) is 0 Å². The molecule has 0 aliphatic carbocycles. The van der Waals surface area contributed by atoms with E-state index < -0.39 is 0 Å². The third-order valence-electron chi connectivity index (χ3n) is 0. The zero-order valence-electron chi connectivity index (χ0n) is 3.13. The van der Waals surface area contributed by atoms with E-state index in [1.54, 1.807) is 0 Å². The Kier molecular flexibility index (Phi) is 3390. The van der Waals surface area contributed by atoms with Gasteiger partial charge in [0.25, 0.3) is 0 Å². The van der Waals surface area contributed by atoms with Crippen molar-refractivity contribution in [1.29, 1.82) is 0 Å². The molecule has 0 unspecified atom stereocenters.